The first-order valence-electron chi connectivity index (χ1n) is 7.70. The van der Waals surface area contributed by atoms with Crippen LogP contribution >= 0.6 is 0 Å². The summed E-state index contributed by atoms with van der Waals surface area (Å²) in [7, 11) is 0. The van der Waals surface area contributed by atoms with Crippen LogP contribution in [0.4, 0.5) is 0 Å². The van der Waals surface area contributed by atoms with Gasteiger partial charge in [-0.3, -0.25) is 9.59 Å². The fourth-order valence-corrected chi connectivity index (χ4v) is 3.39. The van der Waals surface area contributed by atoms with Crippen molar-refractivity contribution in [3.05, 3.63) is 0 Å². The molecule has 0 spiro atoms. The topological polar surface area (TPSA) is 40.6 Å². The van der Waals surface area contributed by atoms with Crippen LogP contribution in [-0.4, -0.2) is 48.8 Å². The number of likely N-dealkylation sites (tertiary alicyclic amines) is 2. The lowest BCUT2D eigenvalue weighted by molar-refractivity contribution is -0.120. The molecule has 2 heterocycles. The highest BCUT2D eigenvalue weighted by molar-refractivity contribution is 5.47. The van der Waals surface area contributed by atoms with Crippen LogP contribution in [-0.2, 0) is 9.59 Å². The molecule has 19 heavy (non-hydrogen) atoms. The predicted molar refractivity (Wildman–Crippen MR) is 74.6 cm³/mol. The Labute approximate surface area is 116 Å². The highest BCUT2D eigenvalue weighted by atomic mass is 16.1. The van der Waals surface area contributed by atoms with Crippen molar-refractivity contribution >= 4 is 12.8 Å². The largest absolute Gasteiger partial charge is 0.345 e. The van der Waals surface area contributed by atoms with E-state index in [1.165, 1.54) is 44.9 Å². The molecule has 2 amide bonds. The number of hydrogen-bond donors (Lipinski definition) is 0. The summed E-state index contributed by atoms with van der Waals surface area (Å²) in [4.78, 5) is 25.1. The van der Waals surface area contributed by atoms with Gasteiger partial charge in [-0.2, -0.15) is 0 Å². The number of carbonyl (C=O) groups is 2. The van der Waals surface area contributed by atoms with Crippen molar-refractivity contribution in [2.45, 2.75) is 44.9 Å². The Morgan fingerprint density at radius 2 is 1.11 bits per heavy atom. The van der Waals surface area contributed by atoms with Gasteiger partial charge in [-0.1, -0.05) is 19.3 Å². The molecule has 0 aliphatic carbocycles. The van der Waals surface area contributed by atoms with E-state index in [1.807, 2.05) is 9.80 Å². The number of piperidine rings is 2. The van der Waals surface area contributed by atoms with E-state index in [9.17, 15) is 9.59 Å². The quantitative estimate of drug-likeness (QED) is 0.689. The first-order chi connectivity index (χ1) is 9.31. The van der Waals surface area contributed by atoms with Gasteiger partial charge < -0.3 is 9.80 Å². The summed E-state index contributed by atoms with van der Waals surface area (Å²) in [5.41, 5.74) is 0. The van der Waals surface area contributed by atoms with Gasteiger partial charge in [0.25, 0.3) is 0 Å². The van der Waals surface area contributed by atoms with Gasteiger partial charge in [0.1, 0.15) is 0 Å². The highest BCUT2D eigenvalue weighted by Crippen LogP contribution is 2.26. The van der Waals surface area contributed by atoms with Gasteiger partial charge in [0.15, 0.2) is 0 Å². The molecule has 2 aliphatic heterocycles. The molecule has 0 N–H and O–H groups in total. The van der Waals surface area contributed by atoms with E-state index in [0.717, 1.165) is 50.8 Å². The third-order valence-electron chi connectivity index (χ3n) is 4.82. The monoisotopic (exact) mass is 266 g/mol. The second-order valence-electron chi connectivity index (χ2n) is 6.10. The van der Waals surface area contributed by atoms with Gasteiger partial charge in [-0.05, 0) is 37.5 Å². The van der Waals surface area contributed by atoms with Crippen molar-refractivity contribution in [1.82, 2.24) is 9.80 Å². The summed E-state index contributed by atoms with van der Waals surface area (Å²) >= 11 is 0. The van der Waals surface area contributed by atoms with Crippen LogP contribution in [0.25, 0.3) is 0 Å². The molecule has 0 aromatic rings. The maximum absolute atomic E-state index is 10.6. The van der Waals surface area contributed by atoms with Crippen molar-refractivity contribution in [2.75, 3.05) is 26.2 Å². The number of amides is 2. The van der Waals surface area contributed by atoms with Crippen LogP contribution in [0.1, 0.15) is 44.9 Å². The molecule has 2 fully saturated rings. The Morgan fingerprint density at radius 1 is 0.737 bits per heavy atom. The SMILES string of the molecule is O=CN1CCC(CCCC2CCN(C=O)CC2)CC1. The molecule has 0 aromatic carbocycles. The zero-order valence-electron chi connectivity index (χ0n) is 11.8. The molecule has 0 unspecified atom stereocenters. The zero-order chi connectivity index (χ0) is 13.5. The van der Waals surface area contributed by atoms with Crippen LogP contribution in [0.15, 0.2) is 0 Å². The standard InChI is InChI=1S/C15H26N2O2/c18-12-16-8-4-14(5-9-16)2-1-3-15-6-10-17(13-19)11-7-15/h12-15H,1-11H2. The Bertz CT molecular complexity index is 252. The first kappa shape index (κ1) is 14.4. The van der Waals surface area contributed by atoms with Gasteiger partial charge in [-0.15, -0.1) is 0 Å². The zero-order valence-corrected chi connectivity index (χ0v) is 11.8. The van der Waals surface area contributed by atoms with Crippen LogP contribution in [0.2, 0.25) is 0 Å². The van der Waals surface area contributed by atoms with Gasteiger partial charge >= 0.3 is 0 Å². The minimum absolute atomic E-state index is 0.825. The van der Waals surface area contributed by atoms with Crippen molar-refractivity contribution < 1.29 is 9.59 Å². The second-order valence-corrected chi connectivity index (χ2v) is 6.10. The molecule has 0 aromatic heterocycles. The van der Waals surface area contributed by atoms with Gasteiger partial charge in [0.05, 0.1) is 0 Å². The first-order valence-corrected chi connectivity index (χ1v) is 7.70. The molecule has 2 saturated heterocycles. The maximum atomic E-state index is 10.6. The average Bonchev–Trinajstić information content (AvgIpc) is 2.49. The summed E-state index contributed by atoms with van der Waals surface area (Å²) in [6, 6.07) is 0. The van der Waals surface area contributed by atoms with Gasteiger partial charge in [-0.25, -0.2) is 0 Å². The normalized spacial score (nSPS) is 22.5. The van der Waals surface area contributed by atoms with Crippen molar-refractivity contribution in [1.29, 1.82) is 0 Å². The summed E-state index contributed by atoms with van der Waals surface area (Å²) in [5, 5.41) is 0. The lowest BCUT2D eigenvalue weighted by Crippen LogP contribution is -2.33. The third-order valence-corrected chi connectivity index (χ3v) is 4.82. The lowest BCUT2D eigenvalue weighted by atomic mass is 9.87. The summed E-state index contributed by atoms with van der Waals surface area (Å²) in [5.74, 6) is 1.65. The molecule has 0 saturated carbocycles. The molecule has 2 rings (SSSR count). The summed E-state index contributed by atoms with van der Waals surface area (Å²) < 4.78 is 0. The number of carbonyl (C=O) groups excluding carboxylic acids is 2. The molecule has 4 heteroatoms. The maximum Gasteiger partial charge on any atom is 0.209 e. The number of rotatable bonds is 6. The minimum atomic E-state index is 0.825. The van der Waals surface area contributed by atoms with Crippen molar-refractivity contribution in [3.63, 3.8) is 0 Å². The Morgan fingerprint density at radius 3 is 1.42 bits per heavy atom. The van der Waals surface area contributed by atoms with E-state index < -0.39 is 0 Å². The van der Waals surface area contributed by atoms with Crippen LogP contribution < -0.4 is 0 Å². The molecular formula is C15H26N2O2. The molecule has 108 valence electrons. The molecule has 0 radical (unpaired) electrons. The number of hydrogen-bond acceptors (Lipinski definition) is 2. The fourth-order valence-electron chi connectivity index (χ4n) is 3.39. The highest BCUT2D eigenvalue weighted by Gasteiger charge is 2.20. The Kier molecular flexibility index (Phi) is 5.67. The Hall–Kier alpha value is -1.06. The third kappa shape index (κ3) is 4.51. The fraction of sp³-hybridized carbons (Fsp3) is 0.867. The minimum Gasteiger partial charge on any atom is -0.345 e. The lowest BCUT2D eigenvalue weighted by Gasteiger charge is -2.31. The smallest absolute Gasteiger partial charge is 0.209 e. The van der Waals surface area contributed by atoms with E-state index in [-0.39, 0.29) is 0 Å². The molecule has 0 atom stereocenters. The molecule has 0 bridgehead atoms. The summed E-state index contributed by atoms with van der Waals surface area (Å²) in [6.07, 6.45) is 10.7. The summed E-state index contributed by atoms with van der Waals surface area (Å²) in [6.45, 7) is 3.80. The Balaban J connectivity index is 1.55. The van der Waals surface area contributed by atoms with Crippen LogP contribution in [0.5, 0.6) is 0 Å². The van der Waals surface area contributed by atoms with E-state index in [0.29, 0.717) is 0 Å². The van der Waals surface area contributed by atoms with E-state index in [4.69, 9.17) is 0 Å². The van der Waals surface area contributed by atoms with Crippen LogP contribution in [0.3, 0.4) is 0 Å². The average molecular weight is 266 g/mol. The van der Waals surface area contributed by atoms with Gasteiger partial charge in [0.2, 0.25) is 12.8 Å². The second kappa shape index (κ2) is 7.51. The molecular weight excluding hydrogens is 240 g/mol. The van der Waals surface area contributed by atoms with E-state index >= 15 is 0 Å². The van der Waals surface area contributed by atoms with Crippen LogP contribution in [0, 0.1) is 11.8 Å². The van der Waals surface area contributed by atoms with Crippen molar-refractivity contribution in [2.24, 2.45) is 11.8 Å². The van der Waals surface area contributed by atoms with E-state index in [1.54, 1.807) is 0 Å². The van der Waals surface area contributed by atoms with E-state index in [2.05, 4.69) is 0 Å². The van der Waals surface area contributed by atoms with Crippen molar-refractivity contribution in [3.8, 4) is 0 Å². The molecule has 2 aliphatic rings. The van der Waals surface area contributed by atoms with Gasteiger partial charge in [0, 0.05) is 26.2 Å². The number of nitrogens with zero attached hydrogens (tertiary/aromatic N) is 2. The molecule has 4 nitrogen and oxygen atoms in total. The predicted octanol–water partition coefficient (Wildman–Crippen LogP) is 1.89.